The lowest BCUT2D eigenvalue weighted by molar-refractivity contribution is -0.380. The van der Waals surface area contributed by atoms with Gasteiger partial charge in [-0.1, -0.05) is 29.5 Å². The zero-order chi connectivity index (χ0) is 14.5. The molecule has 0 atom stereocenters. The average Bonchev–Trinajstić information content (AvgIpc) is 2.91. The number of hydrogen-bond acceptors (Lipinski definition) is 5. The van der Waals surface area contributed by atoms with Crippen LogP contribution in [-0.2, 0) is 6.54 Å². The predicted molar refractivity (Wildman–Crippen MR) is 78.1 cm³/mol. The van der Waals surface area contributed by atoms with E-state index in [1.54, 1.807) is 6.07 Å². The molecule has 0 saturated carbocycles. The lowest BCUT2D eigenvalue weighted by Gasteiger charge is -2.09. The number of anilines is 1. The second kappa shape index (κ2) is 6.27. The molecule has 0 bridgehead atoms. The molecule has 1 aromatic carbocycles. The van der Waals surface area contributed by atoms with Crippen LogP contribution >= 0.6 is 11.3 Å². The SMILES string of the molecule is CNCc1ccccc1NC(=O)c1ccc([N+](=O)[O-])s1. The van der Waals surface area contributed by atoms with E-state index in [2.05, 4.69) is 10.6 Å². The van der Waals surface area contributed by atoms with Crippen molar-refractivity contribution >= 4 is 27.9 Å². The molecule has 6 nitrogen and oxygen atoms in total. The van der Waals surface area contributed by atoms with Gasteiger partial charge in [-0.15, -0.1) is 0 Å². The van der Waals surface area contributed by atoms with Gasteiger partial charge in [-0.25, -0.2) is 0 Å². The number of nitro groups is 1. The number of hydrogen-bond donors (Lipinski definition) is 2. The second-order valence-electron chi connectivity index (χ2n) is 4.04. The minimum absolute atomic E-state index is 0.0429. The third kappa shape index (κ3) is 3.19. The molecule has 1 heterocycles. The molecule has 0 unspecified atom stereocenters. The quantitative estimate of drug-likeness (QED) is 0.655. The van der Waals surface area contributed by atoms with Gasteiger partial charge in [0.2, 0.25) is 0 Å². The largest absolute Gasteiger partial charge is 0.324 e. The van der Waals surface area contributed by atoms with Crippen LogP contribution in [0.1, 0.15) is 15.2 Å². The van der Waals surface area contributed by atoms with Crippen molar-refractivity contribution in [3.05, 3.63) is 57.0 Å². The van der Waals surface area contributed by atoms with Gasteiger partial charge >= 0.3 is 5.00 Å². The summed E-state index contributed by atoms with van der Waals surface area (Å²) in [5, 5.41) is 16.4. The van der Waals surface area contributed by atoms with Crippen molar-refractivity contribution < 1.29 is 9.72 Å². The van der Waals surface area contributed by atoms with Gasteiger partial charge in [-0.3, -0.25) is 14.9 Å². The number of para-hydroxylation sites is 1. The van der Waals surface area contributed by atoms with Gasteiger partial charge in [0.05, 0.1) is 9.80 Å². The van der Waals surface area contributed by atoms with Crippen LogP contribution in [0.15, 0.2) is 36.4 Å². The van der Waals surface area contributed by atoms with Crippen LogP contribution in [0.2, 0.25) is 0 Å². The van der Waals surface area contributed by atoms with Crippen molar-refractivity contribution in [3.63, 3.8) is 0 Å². The molecule has 20 heavy (non-hydrogen) atoms. The highest BCUT2D eigenvalue weighted by Crippen LogP contribution is 2.25. The lowest BCUT2D eigenvalue weighted by Crippen LogP contribution is -2.14. The van der Waals surface area contributed by atoms with E-state index < -0.39 is 4.92 Å². The maximum Gasteiger partial charge on any atom is 0.324 e. The van der Waals surface area contributed by atoms with Crippen molar-refractivity contribution in [1.82, 2.24) is 5.32 Å². The van der Waals surface area contributed by atoms with E-state index in [9.17, 15) is 14.9 Å². The first kappa shape index (κ1) is 14.2. The topological polar surface area (TPSA) is 84.3 Å². The van der Waals surface area contributed by atoms with Gasteiger partial charge in [0.15, 0.2) is 0 Å². The Morgan fingerprint density at radius 1 is 1.30 bits per heavy atom. The number of amides is 1. The summed E-state index contributed by atoms with van der Waals surface area (Å²) >= 11 is 0.861. The Bertz CT molecular complexity index is 639. The number of nitrogens with zero attached hydrogens (tertiary/aromatic N) is 1. The molecular formula is C13H13N3O3S. The van der Waals surface area contributed by atoms with E-state index in [0.717, 1.165) is 16.9 Å². The first-order valence-electron chi connectivity index (χ1n) is 5.90. The van der Waals surface area contributed by atoms with Crippen molar-refractivity contribution in [3.8, 4) is 0 Å². The smallest absolute Gasteiger partial charge is 0.321 e. The number of carbonyl (C=O) groups excluding carboxylic acids is 1. The Balaban J connectivity index is 2.16. The first-order chi connectivity index (χ1) is 9.61. The van der Waals surface area contributed by atoms with Gasteiger partial charge in [0, 0.05) is 18.3 Å². The van der Waals surface area contributed by atoms with Crippen LogP contribution in [0.3, 0.4) is 0 Å². The molecule has 0 aliphatic carbocycles. The molecule has 0 aliphatic heterocycles. The fraction of sp³-hybridized carbons (Fsp3) is 0.154. The van der Waals surface area contributed by atoms with Gasteiger partial charge < -0.3 is 10.6 Å². The van der Waals surface area contributed by atoms with Crippen molar-refractivity contribution in [2.24, 2.45) is 0 Å². The van der Waals surface area contributed by atoms with Crippen LogP contribution in [-0.4, -0.2) is 17.9 Å². The van der Waals surface area contributed by atoms with E-state index in [1.165, 1.54) is 12.1 Å². The monoisotopic (exact) mass is 291 g/mol. The highest BCUT2D eigenvalue weighted by Gasteiger charge is 2.16. The standard InChI is InChI=1S/C13H13N3O3S/c1-14-8-9-4-2-3-5-10(9)15-13(17)11-6-7-12(20-11)16(18)19/h2-7,14H,8H2,1H3,(H,15,17). The summed E-state index contributed by atoms with van der Waals surface area (Å²) in [6.45, 7) is 0.626. The molecule has 1 amide bonds. The van der Waals surface area contributed by atoms with E-state index in [1.807, 2.05) is 25.2 Å². The summed E-state index contributed by atoms with van der Waals surface area (Å²) in [6.07, 6.45) is 0. The number of nitrogens with one attached hydrogen (secondary N) is 2. The fourth-order valence-corrected chi connectivity index (χ4v) is 2.43. The van der Waals surface area contributed by atoms with Crippen molar-refractivity contribution in [1.29, 1.82) is 0 Å². The number of carbonyl (C=O) groups is 1. The Kier molecular flexibility index (Phi) is 4.44. The molecule has 0 spiro atoms. The summed E-state index contributed by atoms with van der Waals surface area (Å²) in [6, 6.07) is 10.2. The Labute approximate surface area is 119 Å². The maximum atomic E-state index is 12.1. The zero-order valence-corrected chi connectivity index (χ0v) is 11.6. The lowest BCUT2D eigenvalue weighted by atomic mass is 10.1. The summed E-state index contributed by atoms with van der Waals surface area (Å²) in [7, 11) is 1.82. The molecule has 2 N–H and O–H groups in total. The molecular weight excluding hydrogens is 278 g/mol. The molecule has 2 rings (SSSR count). The maximum absolute atomic E-state index is 12.1. The van der Waals surface area contributed by atoms with E-state index in [-0.39, 0.29) is 10.9 Å². The van der Waals surface area contributed by atoms with Crippen LogP contribution in [0, 0.1) is 10.1 Å². The number of thiophene rings is 1. The molecule has 2 aromatic rings. The fourth-order valence-electron chi connectivity index (χ4n) is 1.72. The average molecular weight is 291 g/mol. The van der Waals surface area contributed by atoms with E-state index in [4.69, 9.17) is 0 Å². The predicted octanol–water partition coefficient (Wildman–Crippen LogP) is 2.63. The minimum atomic E-state index is -0.504. The molecule has 0 radical (unpaired) electrons. The Morgan fingerprint density at radius 3 is 2.70 bits per heavy atom. The van der Waals surface area contributed by atoms with Gasteiger partial charge in [-0.2, -0.15) is 0 Å². The zero-order valence-electron chi connectivity index (χ0n) is 10.8. The number of benzene rings is 1. The van der Waals surface area contributed by atoms with Crippen LogP contribution in [0.25, 0.3) is 0 Å². The van der Waals surface area contributed by atoms with Crippen LogP contribution in [0.5, 0.6) is 0 Å². The molecule has 1 aromatic heterocycles. The van der Waals surface area contributed by atoms with E-state index >= 15 is 0 Å². The molecule has 0 aliphatic rings. The molecule has 104 valence electrons. The Morgan fingerprint density at radius 2 is 2.05 bits per heavy atom. The third-order valence-electron chi connectivity index (χ3n) is 2.63. The molecule has 0 saturated heterocycles. The minimum Gasteiger partial charge on any atom is -0.321 e. The van der Waals surface area contributed by atoms with Crippen molar-refractivity contribution in [2.45, 2.75) is 6.54 Å². The summed E-state index contributed by atoms with van der Waals surface area (Å²) in [4.78, 5) is 22.5. The second-order valence-corrected chi connectivity index (χ2v) is 5.10. The van der Waals surface area contributed by atoms with Crippen LogP contribution < -0.4 is 10.6 Å². The highest BCUT2D eigenvalue weighted by molar-refractivity contribution is 7.17. The Hall–Kier alpha value is -2.25. The number of rotatable bonds is 5. The summed E-state index contributed by atoms with van der Waals surface area (Å²) in [5.74, 6) is -0.341. The van der Waals surface area contributed by atoms with Crippen LogP contribution in [0.4, 0.5) is 10.7 Å². The normalized spacial score (nSPS) is 10.2. The third-order valence-corrected chi connectivity index (χ3v) is 3.66. The molecule has 7 heteroatoms. The van der Waals surface area contributed by atoms with Crippen molar-refractivity contribution in [2.75, 3.05) is 12.4 Å². The first-order valence-corrected chi connectivity index (χ1v) is 6.71. The van der Waals surface area contributed by atoms with E-state index in [0.29, 0.717) is 17.1 Å². The summed E-state index contributed by atoms with van der Waals surface area (Å²) < 4.78 is 0. The van der Waals surface area contributed by atoms with Gasteiger partial charge in [-0.05, 0) is 24.7 Å². The molecule has 0 fully saturated rings. The highest BCUT2D eigenvalue weighted by atomic mass is 32.1. The van der Waals surface area contributed by atoms with Gasteiger partial charge in [0.1, 0.15) is 0 Å². The summed E-state index contributed by atoms with van der Waals surface area (Å²) in [5.41, 5.74) is 1.65. The van der Waals surface area contributed by atoms with Gasteiger partial charge in [0.25, 0.3) is 5.91 Å².